The molecule has 0 aliphatic heterocycles. The van der Waals surface area contributed by atoms with E-state index in [2.05, 4.69) is 25.5 Å². The van der Waals surface area contributed by atoms with Crippen LogP contribution in [0.25, 0.3) is 17.0 Å². The maximum absolute atomic E-state index is 12.9. The van der Waals surface area contributed by atoms with E-state index < -0.39 is 0 Å². The van der Waals surface area contributed by atoms with E-state index in [1.165, 1.54) is 15.6 Å². The van der Waals surface area contributed by atoms with Gasteiger partial charge in [-0.2, -0.15) is 19.9 Å². The molecule has 164 valence electrons. The molecular formula is C23H19N7O3. The smallest absolute Gasteiger partial charge is 0.263 e. The highest BCUT2D eigenvalue weighted by Gasteiger charge is 2.16. The van der Waals surface area contributed by atoms with E-state index in [9.17, 15) is 9.59 Å². The number of nitrogens with zero attached hydrogens (tertiary/aromatic N) is 5. The van der Waals surface area contributed by atoms with Gasteiger partial charge in [-0.25, -0.2) is 0 Å². The summed E-state index contributed by atoms with van der Waals surface area (Å²) in [7, 11) is 1.70. The topological polar surface area (TPSA) is 120 Å². The van der Waals surface area contributed by atoms with Gasteiger partial charge in [0.2, 0.25) is 5.95 Å². The molecule has 0 spiro atoms. The predicted octanol–water partition coefficient (Wildman–Crippen LogP) is 3.20. The first kappa shape index (κ1) is 20.2. The first-order chi connectivity index (χ1) is 16.0. The predicted molar refractivity (Wildman–Crippen MR) is 122 cm³/mol. The first-order valence-electron chi connectivity index (χ1n) is 10.1. The van der Waals surface area contributed by atoms with Crippen LogP contribution in [0.2, 0.25) is 0 Å². The Bertz CT molecular complexity index is 1520. The molecule has 0 saturated carbocycles. The van der Waals surface area contributed by atoms with E-state index in [1.807, 2.05) is 30.3 Å². The van der Waals surface area contributed by atoms with E-state index in [0.29, 0.717) is 39.6 Å². The molecule has 0 aliphatic rings. The third kappa shape index (κ3) is 3.97. The van der Waals surface area contributed by atoms with Gasteiger partial charge in [-0.05, 0) is 43.3 Å². The number of nitrogens with one attached hydrogen (secondary N) is 2. The first-order valence-corrected chi connectivity index (χ1v) is 10.1. The molecule has 5 rings (SSSR count). The molecule has 1 amide bonds. The molecule has 0 saturated heterocycles. The molecule has 3 heterocycles. The number of rotatable bonds is 5. The molecule has 10 heteroatoms. The average molecular weight is 441 g/mol. The number of hydrogen-bond acceptors (Lipinski definition) is 6. The summed E-state index contributed by atoms with van der Waals surface area (Å²) < 4.78 is 8.65. The van der Waals surface area contributed by atoms with Crippen molar-refractivity contribution in [2.24, 2.45) is 7.05 Å². The number of benzene rings is 2. The molecular weight excluding hydrogens is 422 g/mol. The molecule has 0 radical (unpaired) electrons. The van der Waals surface area contributed by atoms with Crippen molar-refractivity contribution in [2.45, 2.75) is 6.92 Å². The minimum absolute atomic E-state index is 0.172. The molecule has 0 aliphatic carbocycles. The van der Waals surface area contributed by atoms with Crippen LogP contribution in [-0.4, -0.2) is 35.4 Å². The molecule has 2 N–H and O–H groups in total. The fraction of sp³-hybridized carbons (Fsp3) is 0.0870. The number of carbonyl (C=O) groups is 1. The van der Waals surface area contributed by atoms with E-state index in [4.69, 9.17) is 4.74 Å². The van der Waals surface area contributed by atoms with Crippen LogP contribution < -0.4 is 15.6 Å². The molecule has 10 nitrogen and oxygen atoms in total. The van der Waals surface area contributed by atoms with Crippen molar-refractivity contribution in [1.82, 2.24) is 29.5 Å². The molecule has 33 heavy (non-hydrogen) atoms. The summed E-state index contributed by atoms with van der Waals surface area (Å²) in [5, 5.41) is 11.6. The maximum Gasteiger partial charge on any atom is 0.263 e. The van der Waals surface area contributed by atoms with Crippen molar-refractivity contribution >= 4 is 22.8 Å². The fourth-order valence-electron chi connectivity index (χ4n) is 3.36. The van der Waals surface area contributed by atoms with Crippen LogP contribution in [0.4, 0.5) is 5.82 Å². The van der Waals surface area contributed by atoms with Gasteiger partial charge >= 0.3 is 0 Å². The van der Waals surface area contributed by atoms with E-state index in [0.717, 1.165) is 0 Å². The Morgan fingerprint density at radius 2 is 1.79 bits per heavy atom. The number of ether oxygens (including phenoxy) is 1. The monoisotopic (exact) mass is 441 g/mol. The minimum Gasteiger partial charge on any atom is -0.457 e. The Morgan fingerprint density at radius 1 is 1.06 bits per heavy atom. The van der Waals surface area contributed by atoms with Gasteiger partial charge < -0.3 is 10.1 Å². The Kier molecular flexibility index (Phi) is 4.94. The van der Waals surface area contributed by atoms with Gasteiger partial charge in [-0.1, -0.05) is 18.2 Å². The summed E-state index contributed by atoms with van der Waals surface area (Å²) >= 11 is 0. The normalized spacial score (nSPS) is 11.0. The number of aryl methyl sites for hydroxylation is 2. The van der Waals surface area contributed by atoms with Crippen molar-refractivity contribution in [1.29, 1.82) is 0 Å². The van der Waals surface area contributed by atoms with Gasteiger partial charge in [0.15, 0.2) is 5.65 Å². The van der Waals surface area contributed by atoms with Gasteiger partial charge in [-0.15, -0.1) is 0 Å². The van der Waals surface area contributed by atoms with Crippen molar-refractivity contribution in [3.05, 3.63) is 88.5 Å². The lowest BCUT2D eigenvalue weighted by molar-refractivity contribution is 0.102. The third-order valence-corrected chi connectivity index (χ3v) is 4.96. The lowest BCUT2D eigenvalue weighted by atomic mass is 10.2. The number of aromatic amines is 1. The van der Waals surface area contributed by atoms with Crippen molar-refractivity contribution in [3.8, 4) is 17.4 Å². The highest BCUT2D eigenvalue weighted by atomic mass is 16.5. The van der Waals surface area contributed by atoms with E-state index in [-0.39, 0.29) is 17.4 Å². The van der Waals surface area contributed by atoms with Crippen molar-refractivity contribution < 1.29 is 9.53 Å². The van der Waals surface area contributed by atoms with Crippen molar-refractivity contribution in [2.75, 3.05) is 5.32 Å². The molecule has 0 bridgehead atoms. The SMILES string of the molecule is Cc1cc(NC(=O)c2ccc(Oc3ccccc3)cc2)n(-c2nc3c(cnn3C)c(=O)[nH]2)n1. The largest absolute Gasteiger partial charge is 0.457 e. The molecule has 0 fully saturated rings. The number of amides is 1. The summed E-state index contributed by atoms with van der Waals surface area (Å²) in [6.07, 6.45) is 1.45. The zero-order valence-corrected chi connectivity index (χ0v) is 17.8. The van der Waals surface area contributed by atoms with Crippen LogP contribution in [0.5, 0.6) is 11.5 Å². The van der Waals surface area contributed by atoms with E-state index in [1.54, 1.807) is 44.3 Å². The lowest BCUT2D eigenvalue weighted by Gasteiger charge is -2.09. The lowest BCUT2D eigenvalue weighted by Crippen LogP contribution is -2.19. The summed E-state index contributed by atoms with van der Waals surface area (Å²) in [5.74, 6) is 1.52. The quantitative estimate of drug-likeness (QED) is 0.432. The zero-order chi connectivity index (χ0) is 22.9. The number of anilines is 1. The van der Waals surface area contributed by atoms with Crippen LogP contribution >= 0.6 is 0 Å². The number of hydrogen-bond donors (Lipinski definition) is 2. The molecule has 0 unspecified atom stereocenters. The Hall–Kier alpha value is -4.73. The van der Waals surface area contributed by atoms with Crippen molar-refractivity contribution in [3.63, 3.8) is 0 Å². The standard InChI is InChI=1S/C23H19N7O3/c1-14-12-19(30(28-14)23-26-20-18(22(32)27-23)13-24-29(20)2)25-21(31)15-8-10-17(11-9-15)33-16-6-4-3-5-7-16/h3-13H,1-2H3,(H,25,31)(H,26,27,32). The number of H-pyrrole nitrogens is 1. The number of aromatic nitrogens is 6. The number of carbonyl (C=O) groups excluding carboxylic acids is 1. The number of para-hydroxylation sites is 1. The molecule has 2 aromatic carbocycles. The second-order valence-electron chi connectivity index (χ2n) is 7.37. The van der Waals surface area contributed by atoms with Crippen LogP contribution in [-0.2, 0) is 7.05 Å². The van der Waals surface area contributed by atoms with Crippen LogP contribution in [0, 0.1) is 6.92 Å². The minimum atomic E-state index is -0.345. The average Bonchev–Trinajstić information content (AvgIpc) is 3.37. The third-order valence-electron chi connectivity index (χ3n) is 4.96. The maximum atomic E-state index is 12.9. The number of fused-ring (bicyclic) bond motifs is 1. The summed E-state index contributed by atoms with van der Waals surface area (Å²) in [5.41, 5.74) is 1.14. The van der Waals surface area contributed by atoms with Crippen LogP contribution in [0.15, 0.2) is 71.7 Å². The second kappa shape index (κ2) is 8.08. The van der Waals surface area contributed by atoms with E-state index >= 15 is 0 Å². The Labute approximate surface area is 187 Å². The Balaban J connectivity index is 1.40. The highest BCUT2D eigenvalue weighted by molar-refractivity contribution is 6.04. The second-order valence-corrected chi connectivity index (χ2v) is 7.37. The fourth-order valence-corrected chi connectivity index (χ4v) is 3.36. The van der Waals surface area contributed by atoms with Gasteiger partial charge in [0, 0.05) is 18.7 Å². The summed E-state index contributed by atoms with van der Waals surface area (Å²) in [6, 6.07) is 17.9. The molecule has 3 aromatic heterocycles. The summed E-state index contributed by atoms with van der Waals surface area (Å²) in [6.45, 7) is 1.78. The highest BCUT2D eigenvalue weighted by Crippen LogP contribution is 2.22. The van der Waals surface area contributed by atoms with Crippen LogP contribution in [0.3, 0.4) is 0 Å². The molecule has 0 atom stereocenters. The van der Waals surface area contributed by atoms with Gasteiger partial charge in [0.05, 0.1) is 11.9 Å². The van der Waals surface area contributed by atoms with Gasteiger partial charge in [-0.3, -0.25) is 19.3 Å². The molecule has 5 aromatic rings. The zero-order valence-electron chi connectivity index (χ0n) is 17.8. The van der Waals surface area contributed by atoms with Gasteiger partial charge in [0.1, 0.15) is 22.7 Å². The van der Waals surface area contributed by atoms with Gasteiger partial charge in [0.25, 0.3) is 11.5 Å². The Morgan fingerprint density at radius 3 is 2.55 bits per heavy atom. The van der Waals surface area contributed by atoms with Crippen LogP contribution in [0.1, 0.15) is 16.1 Å². The summed E-state index contributed by atoms with van der Waals surface area (Å²) in [4.78, 5) is 32.4.